The van der Waals surface area contributed by atoms with Crippen molar-refractivity contribution in [2.45, 2.75) is 13.0 Å². The zero-order valence-electron chi connectivity index (χ0n) is 10.4. The number of hydrogen-bond donors (Lipinski definition) is 0. The molecule has 0 saturated heterocycles. The number of furan rings is 1. The van der Waals surface area contributed by atoms with Crippen molar-refractivity contribution >= 4 is 5.97 Å². The van der Waals surface area contributed by atoms with E-state index in [4.69, 9.17) is 9.15 Å². The van der Waals surface area contributed by atoms with Gasteiger partial charge >= 0.3 is 5.97 Å². The minimum absolute atomic E-state index is 0.161. The third-order valence-corrected chi connectivity index (χ3v) is 2.41. The highest BCUT2D eigenvalue weighted by Gasteiger charge is 2.16. The van der Waals surface area contributed by atoms with Crippen molar-refractivity contribution < 1.29 is 18.7 Å². The summed E-state index contributed by atoms with van der Waals surface area (Å²) in [5.41, 5.74) is 0. The summed E-state index contributed by atoms with van der Waals surface area (Å²) in [6, 6.07) is 3.25. The fraction of sp³-hybridized carbons (Fsp3) is 0.333. The van der Waals surface area contributed by atoms with Crippen molar-refractivity contribution in [2.75, 3.05) is 7.11 Å². The Balaban J connectivity index is 2.07. The van der Waals surface area contributed by atoms with Gasteiger partial charge in [0, 0.05) is 7.05 Å². The molecule has 0 fully saturated rings. The van der Waals surface area contributed by atoms with Gasteiger partial charge in [-0.2, -0.15) is 5.10 Å². The first-order chi connectivity index (χ1) is 8.60. The van der Waals surface area contributed by atoms with E-state index in [2.05, 4.69) is 9.84 Å². The Hall–Kier alpha value is -2.24. The largest absolute Gasteiger partial charge is 0.479 e. The van der Waals surface area contributed by atoms with Crippen LogP contribution >= 0.6 is 0 Å². The van der Waals surface area contributed by atoms with Gasteiger partial charge in [0.05, 0.1) is 19.5 Å². The van der Waals surface area contributed by atoms with Crippen molar-refractivity contribution in [1.29, 1.82) is 0 Å². The number of carbonyl (C=O) groups excluding carboxylic acids is 1. The number of rotatable bonds is 4. The van der Waals surface area contributed by atoms with Gasteiger partial charge in [-0.25, -0.2) is 4.79 Å². The minimum atomic E-state index is -0.505. The fourth-order valence-corrected chi connectivity index (χ4v) is 1.50. The van der Waals surface area contributed by atoms with E-state index in [0.29, 0.717) is 11.5 Å². The van der Waals surface area contributed by atoms with Crippen LogP contribution in [-0.4, -0.2) is 22.9 Å². The summed E-state index contributed by atoms with van der Waals surface area (Å²) in [6.07, 6.45) is 3.05. The van der Waals surface area contributed by atoms with Crippen LogP contribution < -0.4 is 4.74 Å². The van der Waals surface area contributed by atoms with E-state index in [1.54, 1.807) is 36.3 Å². The Morgan fingerprint density at radius 2 is 2.28 bits per heavy atom. The van der Waals surface area contributed by atoms with Crippen LogP contribution in [0.3, 0.4) is 0 Å². The second kappa shape index (κ2) is 4.95. The van der Waals surface area contributed by atoms with Gasteiger partial charge in [-0.05, 0) is 19.1 Å². The first kappa shape index (κ1) is 12.2. The van der Waals surface area contributed by atoms with E-state index in [0.717, 1.165) is 0 Å². The van der Waals surface area contributed by atoms with Crippen molar-refractivity contribution in [3.63, 3.8) is 0 Å². The van der Waals surface area contributed by atoms with E-state index in [9.17, 15) is 4.79 Å². The highest BCUT2D eigenvalue weighted by atomic mass is 16.5. The molecule has 2 aromatic rings. The summed E-state index contributed by atoms with van der Waals surface area (Å²) in [5.74, 6) is 0.851. The summed E-state index contributed by atoms with van der Waals surface area (Å²) < 4.78 is 17.2. The van der Waals surface area contributed by atoms with Gasteiger partial charge in [-0.15, -0.1) is 0 Å². The quantitative estimate of drug-likeness (QED) is 0.776. The number of aromatic nitrogens is 2. The summed E-state index contributed by atoms with van der Waals surface area (Å²) in [7, 11) is 3.11. The monoisotopic (exact) mass is 250 g/mol. The van der Waals surface area contributed by atoms with E-state index in [-0.39, 0.29) is 11.9 Å². The molecule has 0 aromatic carbocycles. The number of esters is 1. The van der Waals surface area contributed by atoms with Gasteiger partial charge < -0.3 is 13.9 Å². The predicted molar refractivity (Wildman–Crippen MR) is 62.3 cm³/mol. The van der Waals surface area contributed by atoms with Gasteiger partial charge in [-0.3, -0.25) is 4.68 Å². The highest BCUT2D eigenvalue weighted by Crippen LogP contribution is 2.23. The predicted octanol–water partition coefficient (Wildman–Crippen LogP) is 1.94. The highest BCUT2D eigenvalue weighted by molar-refractivity contribution is 5.86. The lowest BCUT2D eigenvalue weighted by atomic mass is 10.3. The number of aryl methyl sites for hydroxylation is 1. The fourth-order valence-electron chi connectivity index (χ4n) is 1.50. The molecule has 0 amide bonds. The lowest BCUT2D eigenvalue weighted by Crippen LogP contribution is -2.02. The molecule has 0 bridgehead atoms. The van der Waals surface area contributed by atoms with Crippen LogP contribution in [0.5, 0.6) is 5.75 Å². The van der Waals surface area contributed by atoms with E-state index in [1.165, 1.54) is 7.11 Å². The molecule has 6 heteroatoms. The molecular weight excluding hydrogens is 236 g/mol. The van der Waals surface area contributed by atoms with Crippen LogP contribution in [0.25, 0.3) is 0 Å². The number of ether oxygens (including phenoxy) is 2. The minimum Gasteiger partial charge on any atom is -0.479 e. The molecule has 0 N–H and O–H groups in total. The molecule has 1 unspecified atom stereocenters. The molecule has 1 atom stereocenters. The Morgan fingerprint density at radius 3 is 2.89 bits per heavy atom. The number of carbonyl (C=O) groups is 1. The van der Waals surface area contributed by atoms with Gasteiger partial charge in [0.25, 0.3) is 0 Å². The third-order valence-electron chi connectivity index (χ3n) is 2.41. The Kier molecular flexibility index (Phi) is 3.36. The van der Waals surface area contributed by atoms with E-state index >= 15 is 0 Å². The third kappa shape index (κ3) is 2.53. The Labute approximate surface area is 104 Å². The molecule has 0 aliphatic heterocycles. The normalized spacial score (nSPS) is 12.2. The molecule has 6 nitrogen and oxygen atoms in total. The molecule has 2 rings (SSSR count). The molecule has 0 spiro atoms. The smallest absolute Gasteiger partial charge is 0.373 e. The molecule has 0 aliphatic rings. The molecule has 2 aromatic heterocycles. The van der Waals surface area contributed by atoms with Gasteiger partial charge in [0.2, 0.25) is 5.76 Å². The van der Waals surface area contributed by atoms with E-state index < -0.39 is 5.97 Å². The van der Waals surface area contributed by atoms with Crippen LogP contribution in [0.15, 0.2) is 28.9 Å². The zero-order chi connectivity index (χ0) is 13.1. The van der Waals surface area contributed by atoms with E-state index in [1.807, 2.05) is 6.92 Å². The van der Waals surface area contributed by atoms with Crippen molar-refractivity contribution in [3.05, 3.63) is 36.0 Å². The topological polar surface area (TPSA) is 66.5 Å². The first-order valence-corrected chi connectivity index (χ1v) is 5.43. The average Bonchev–Trinajstić information content (AvgIpc) is 2.97. The van der Waals surface area contributed by atoms with Gasteiger partial charge in [0.15, 0.2) is 11.9 Å². The summed E-state index contributed by atoms with van der Waals surface area (Å²) in [5, 5.41) is 4.00. The van der Waals surface area contributed by atoms with Crippen LogP contribution in [-0.2, 0) is 11.8 Å². The van der Waals surface area contributed by atoms with Gasteiger partial charge in [0.1, 0.15) is 5.76 Å². The number of hydrogen-bond acceptors (Lipinski definition) is 5. The Morgan fingerprint density at radius 1 is 1.50 bits per heavy atom. The molecular formula is C12H14N2O4. The van der Waals surface area contributed by atoms with Crippen molar-refractivity contribution in [2.24, 2.45) is 7.05 Å². The Bertz CT molecular complexity index is 544. The molecule has 0 radical (unpaired) electrons. The summed E-state index contributed by atoms with van der Waals surface area (Å²) in [6.45, 7) is 1.83. The summed E-state index contributed by atoms with van der Waals surface area (Å²) in [4.78, 5) is 11.2. The van der Waals surface area contributed by atoms with Gasteiger partial charge in [-0.1, -0.05) is 0 Å². The lowest BCUT2D eigenvalue weighted by Gasteiger charge is -2.09. The molecule has 0 aliphatic carbocycles. The summed E-state index contributed by atoms with van der Waals surface area (Å²) >= 11 is 0. The van der Waals surface area contributed by atoms with Crippen LogP contribution in [0.1, 0.15) is 29.3 Å². The number of nitrogens with zero attached hydrogens (tertiary/aromatic N) is 2. The lowest BCUT2D eigenvalue weighted by molar-refractivity contribution is 0.0558. The SMILES string of the molecule is COC(=O)c1ccc(C(C)Oc2cnn(C)c2)o1. The van der Waals surface area contributed by atoms with Crippen molar-refractivity contribution in [1.82, 2.24) is 9.78 Å². The second-order valence-electron chi connectivity index (χ2n) is 3.80. The maximum absolute atomic E-state index is 11.2. The molecule has 18 heavy (non-hydrogen) atoms. The second-order valence-corrected chi connectivity index (χ2v) is 3.80. The zero-order valence-corrected chi connectivity index (χ0v) is 10.4. The number of methoxy groups -OCH3 is 1. The van der Waals surface area contributed by atoms with Crippen LogP contribution in [0.4, 0.5) is 0 Å². The van der Waals surface area contributed by atoms with Crippen LogP contribution in [0.2, 0.25) is 0 Å². The maximum Gasteiger partial charge on any atom is 0.373 e. The maximum atomic E-state index is 11.2. The first-order valence-electron chi connectivity index (χ1n) is 5.43. The molecule has 0 saturated carbocycles. The van der Waals surface area contributed by atoms with Crippen molar-refractivity contribution in [3.8, 4) is 5.75 Å². The van der Waals surface area contributed by atoms with Crippen LogP contribution in [0, 0.1) is 0 Å². The molecule has 2 heterocycles. The molecule has 96 valence electrons. The average molecular weight is 250 g/mol. The standard InChI is InChI=1S/C12H14N2O4/c1-8(17-9-6-13-14(2)7-9)10-4-5-11(18-10)12(15)16-3/h4-8H,1-3H3.